The van der Waals surface area contributed by atoms with Gasteiger partial charge in [0.15, 0.2) is 5.67 Å². The summed E-state index contributed by atoms with van der Waals surface area (Å²) in [5, 5.41) is 3.29. The van der Waals surface area contributed by atoms with Crippen molar-refractivity contribution < 1.29 is 14.0 Å². The molecule has 3 aliphatic rings. The van der Waals surface area contributed by atoms with E-state index in [9.17, 15) is 14.0 Å². The van der Waals surface area contributed by atoms with E-state index in [1.807, 2.05) is 19.2 Å². The second-order valence-corrected chi connectivity index (χ2v) is 9.35. The minimum Gasteiger partial charge on any atom is -0.351 e. The molecule has 152 valence electrons. The molecule has 0 bridgehead atoms. The Labute approximate surface area is 166 Å². The van der Waals surface area contributed by atoms with Crippen LogP contribution in [0.1, 0.15) is 44.2 Å². The van der Waals surface area contributed by atoms with Crippen LogP contribution in [-0.2, 0) is 22.6 Å². The second kappa shape index (κ2) is 6.83. The van der Waals surface area contributed by atoms with Gasteiger partial charge in [-0.1, -0.05) is 30.7 Å². The lowest BCUT2D eigenvalue weighted by Crippen LogP contribution is -2.67. The van der Waals surface area contributed by atoms with Gasteiger partial charge in [0.2, 0.25) is 5.91 Å². The number of nitrogens with one attached hydrogen (secondary N) is 1. The number of nitrogens with zero attached hydrogens (tertiary/aromatic N) is 2. The van der Waals surface area contributed by atoms with Crippen molar-refractivity contribution in [3.05, 3.63) is 35.4 Å². The van der Waals surface area contributed by atoms with Crippen molar-refractivity contribution in [1.82, 2.24) is 15.1 Å². The van der Waals surface area contributed by atoms with Crippen LogP contribution in [0.15, 0.2) is 24.3 Å². The van der Waals surface area contributed by atoms with E-state index in [1.165, 1.54) is 25.0 Å². The number of likely N-dealkylation sites (tertiary alicyclic amines) is 1. The Kier molecular flexibility index (Phi) is 4.73. The Morgan fingerprint density at radius 2 is 1.89 bits per heavy atom. The quantitative estimate of drug-likeness (QED) is 0.866. The minimum atomic E-state index is -1.84. The first-order valence-electron chi connectivity index (χ1n) is 10.3. The average Bonchev–Trinajstić information content (AvgIpc) is 3.01. The number of amides is 2. The molecule has 1 saturated heterocycles. The van der Waals surface area contributed by atoms with E-state index in [0.29, 0.717) is 13.1 Å². The van der Waals surface area contributed by atoms with Gasteiger partial charge < -0.3 is 10.2 Å². The summed E-state index contributed by atoms with van der Waals surface area (Å²) in [7, 11) is 2.00. The van der Waals surface area contributed by atoms with E-state index in [0.717, 1.165) is 32.2 Å². The molecule has 2 fully saturated rings. The predicted molar refractivity (Wildman–Crippen MR) is 105 cm³/mol. The van der Waals surface area contributed by atoms with Crippen molar-refractivity contribution in [1.29, 1.82) is 0 Å². The van der Waals surface area contributed by atoms with Crippen LogP contribution in [0, 0.1) is 5.41 Å². The first-order valence-corrected chi connectivity index (χ1v) is 10.3. The maximum atomic E-state index is 14.0. The molecule has 6 heteroatoms. The Bertz CT molecular complexity index is 782. The highest BCUT2D eigenvalue weighted by Gasteiger charge is 2.55. The molecule has 2 unspecified atom stereocenters. The van der Waals surface area contributed by atoms with Crippen LogP contribution in [0.4, 0.5) is 4.39 Å². The Morgan fingerprint density at radius 3 is 2.57 bits per heavy atom. The summed E-state index contributed by atoms with van der Waals surface area (Å²) in [6.07, 6.45) is 3.67. The summed E-state index contributed by atoms with van der Waals surface area (Å²) < 4.78 is 14.0. The van der Waals surface area contributed by atoms with Gasteiger partial charge in [-0.25, -0.2) is 4.39 Å². The molecule has 1 N–H and O–H groups in total. The fraction of sp³-hybridized carbons (Fsp3) is 0.636. The van der Waals surface area contributed by atoms with Gasteiger partial charge >= 0.3 is 0 Å². The highest BCUT2D eigenvalue weighted by molar-refractivity contribution is 5.85. The molecule has 0 aromatic heterocycles. The van der Waals surface area contributed by atoms with Gasteiger partial charge in [-0.05, 0) is 51.3 Å². The number of fused-ring (bicyclic) bond motifs is 1. The van der Waals surface area contributed by atoms with Crippen LogP contribution < -0.4 is 5.32 Å². The number of likely N-dealkylation sites (N-methyl/N-ethyl adjacent to an activating group) is 1. The summed E-state index contributed by atoms with van der Waals surface area (Å²) in [6, 6.07) is 8.19. The topological polar surface area (TPSA) is 52.7 Å². The summed E-state index contributed by atoms with van der Waals surface area (Å²) >= 11 is 0. The van der Waals surface area contributed by atoms with Crippen LogP contribution in [0.5, 0.6) is 0 Å². The molecule has 28 heavy (non-hydrogen) atoms. The Hall–Kier alpha value is -1.95. The van der Waals surface area contributed by atoms with E-state index in [2.05, 4.69) is 22.3 Å². The number of hydrogen-bond acceptors (Lipinski definition) is 3. The van der Waals surface area contributed by atoms with Crippen molar-refractivity contribution >= 4 is 11.8 Å². The third-order valence-electron chi connectivity index (χ3n) is 6.82. The molecule has 1 aromatic rings. The van der Waals surface area contributed by atoms with E-state index >= 15 is 0 Å². The Balaban J connectivity index is 1.40. The van der Waals surface area contributed by atoms with Crippen molar-refractivity contribution in [3.63, 3.8) is 0 Å². The third kappa shape index (κ3) is 3.32. The van der Waals surface area contributed by atoms with Crippen LogP contribution in [0.2, 0.25) is 0 Å². The highest BCUT2D eigenvalue weighted by Crippen LogP contribution is 2.46. The zero-order valence-corrected chi connectivity index (χ0v) is 17.0. The molecule has 1 spiro atoms. The average molecular weight is 387 g/mol. The molecule has 1 aromatic carbocycles. The molecule has 4 rings (SSSR count). The molecule has 1 saturated carbocycles. The lowest BCUT2D eigenvalue weighted by molar-refractivity contribution is -0.156. The zero-order valence-electron chi connectivity index (χ0n) is 17.0. The summed E-state index contributed by atoms with van der Waals surface area (Å²) in [4.78, 5) is 29.0. The molecule has 0 radical (unpaired) electrons. The van der Waals surface area contributed by atoms with E-state index in [-0.39, 0.29) is 23.4 Å². The normalized spacial score (nSPS) is 26.6. The molecule has 5 nitrogen and oxygen atoms in total. The highest BCUT2D eigenvalue weighted by atomic mass is 19.1. The number of halogens is 1. The van der Waals surface area contributed by atoms with Crippen LogP contribution in [-0.4, -0.2) is 59.5 Å². The van der Waals surface area contributed by atoms with Crippen molar-refractivity contribution in [3.8, 4) is 0 Å². The van der Waals surface area contributed by atoms with Crippen molar-refractivity contribution in [2.24, 2.45) is 5.41 Å². The van der Waals surface area contributed by atoms with Gasteiger partial charge in [-0.15, -0.1) is 0 Å². The number of carbonyl (C=O) groups excluding carboxylic acids is 2. The number of alkyl halides is 1. The zero-order chi connectivity index (χ0) is 20.1. The summed E-state index contributed by atoms with van der Waals surface area (Å²) in [6.45, 7) is 4.49. The third-order valence-corrected chi connectivity index (χ3v) is 6.82. The first-order chi connectivity index (χ1) is 13.2. The number of benzene rings is 1. The molecular formula is C22H30FN3O2. The largest absolute Gasteiger partial charge is 0.351 e. The maximum Gasteiger partial charge on any atom is 0.259 e. The van der Waals surface area contributed by atoms with Gasteiger partial charge in [-0.2, -0.15) is 0 Å². The van der Waals surface area contributed by atoms with Gasteiger partial charge in [0, 0.05) is 31.1 Å². The number of carbonyl (C=O) groups is 2. The van der Waals surface area contributed by atoms with Gasteiger partial charge in [0.05, 0.1) is 6.04 Å². The predicted octanol–water partition coefficient (Wildman–Crippen LogP) is 2.29. The van der Waals surface area contributed by atoms with E-state index < -0.39 is 11.6 Å². The lowest BCUT2D eigenvalue weighted by Gasteiger charge is -2.52. The SMILES string of the molecule is CN1Cc2ccccc2CC1C(=O)NC1CCCC12CN(C(=O)C(C)(C)F)C2. The molecule has 2 aliphatic heterocycles. The molecule has 1 aliphatic carbocycles. The van der Waals surface area contributed by atoms with E-state index in [4.69, 9.17) is 0 Å². The fourth-order valence-corrected chi connectivity index (χ4v) is 5.19. The fourth-order valence-electron chi connectivity index (χ4n) is 5.19. The van der Waals surface area contributed by atoms with E-state index in [1.54, 1.807) is 4.90 Å². The molecule has 2 atom stereocenters. The van der Waals surface area contributed by atoms with Crippen molar-refractivity contribution in [2.45, 2.75) is 63.8 Å². The van der Waals surface area contributed by atoms with Crippen molar-refractivity contribution in [2.75, 3.05) is 20.1 Å². The standard InChI is InChI=1S/C22H30FN3O2/c1-21(2,23)20(28)26-13-22(14-26)10-6-9-18(22)24-19(27)17-11-15-7-4-5-8-16(15)12-25(17)3/h4-5,7-8,17-18H,6,9-14H2,1-3H3,(H,24,27). The lowest BCUT2D eigenvalue weighted by atomic mass is 9.74. The van der Waals surface area contributed by atoms with Gasteiger partial charge in [0.25, 0.3) is 5.91 Å². The molecule has 2 amide bonds. The monoisotopic (exact) mass is 387 g/mol. The maximum absolute atomic E-state index is 14.0. The smallest absolute Gasteiger partial charge is 0.259 e. The summed E-state index contributed by atoms with van der Waals surface area (Å²) in [5.74, 6) is -0.377. The second-order valence-electron chi connectivity index (χ2n) is 9.35. The van der Waals surface area contributed by atoms with Gasteiger partial charge in [-0.3, -0.25) is 14.5 Å². The number of rotatable bonds is 3. The molecule has 2 heterocycles. The minimum absolute atomic E-state index is 0.0670. The Morgan fingerprint density at radius 1 is 1.21 bits per heavy atom. The number of hydrogen-bond donors (Lipinski definition) is 1. The van der Waals surface area contributed by atoms with Crippen LogP contribution in [0.3, 0.4) is 0 Å². The summed E-state index contributed by atoms with van der Waals surface area (Å²) in [5.41, 5.74) is 0.611. The van der Waals surface area contributed by atoms with Gasteiger partial charge in [0.1, 0.15) is 0 Å². The first kappa shape index (κ1) is 19.4. The van der Waals surface area contributed by atoms with Crippen LogP contribution in [0.25, 0.3) is 0 Å². The van der Waals surface area contributed by atoms with Crippen LogP contribution >= 0.6 is 0 Å². The molecular weight excluding hydrogens is 357 g/mol.